The summed E-state index contributed by atoms with van der Waals surface area (Å²) in [6.07, 6.45) is 10.8. The fourth-order valence-electron chi connectivity index (χ4n) is 1.71. The van der Waals surface area contributed by atoms with Crippen molar-refractivity contribution in [2.45, 2.75) is 26.2 Å². The van der Waals surface area contributed by atoms with Crippen LogP contribution in [0, 0.1) is 18.3 Å². The molecule has 0 aromatic rings. The molecule has 0 aliphatic heterocycles. The van der Waals surface area contributed by atoms with Crippen LogP contribution in [0.5, 0.6) is 0 Å². The second kappa shape index (κ2) is 5.67. The third kappa shape index (κ3) is 3.40. The van der Waals surface area contributed by atoms with Crippen molar-refractivity contribution in [3.63, 3.8) is 0 Å². The predicted octanol–water partition coefficient (Wildman–Crippen LogP) is 2.94. The Kier molecular flexibility index (Phi) is 4.49. The van der Waals surface area contributed by atoms with Crippen LogP contribution in [0.2, 0.25) is 0 Å². The summed E-state index contributed by atoms with van der Waals surface area (Å²) < 4.78 is 5.29. The highest BCUT2D eigenvalue weighted by Gasteiger charge is 2.14. The van der Waals surface area contributed by atoms with Gasteiger partial charge in [-0.25, -0.2) is 0 Å². The van der Waals surface area contributed by atoms with Gasteiger partial charge in [-0.2, -0.15) is 0 Å². The highest BCUT2D eigenvalue weighted by molar-refractivity contribution is 5.12. The summed E-state index contributed by atoms with van der Waals surface area (Å²) in [5.41, 5.74) is 2.68. The van der Waals surface area contributed by atoms with E-state index in [1.807, 2.05) is 0 Å². The lowest BCUT2D eigenvalue weighted by Gasteiger charge is -2.21. The van der Waals surface area contributed by atoms with Gasteiger partial charge < -0.3 is 4.74 Å². The smallest absolute Gasteiger partial charge is 0.107 e. The molecular weight excluding hydrogens is 172 g/mol. The fraction of sp³-hybridized carbons (Fsp3) is 0.538. The van der Waals surface area contributed by atoms with Crippen molar-refractivity contribution in [3.8, 4) is 12.3 Å². The SMILES string of the molecule is C#CCOCC1=CC[C@@H](C(=C)C)CC1. The number of hydrogen-bond donors (Lipinski definition) is 0. The predicted molar refractivity (Wildman–Crippen MR) is 59.9 cm³/mol. The van der Waals surface area contributed by atoms with E-state index in [9.17, 15) is 0 Å². The van der Waals surface area contributed by atoms with E-state index in [2.05, 4.69) is 25.5 Å². The number of ether oxygens (including phenoxy) is 1. The lowest BCUT2D eigenvalue weighted by molar-refractivity contribution is 0.187. The van der Waals surface area contributed by atoms with E-state index in [1.54, 1.807) is 0 Å². The molecule has 0 aromatic heterocycles. The van der Waals surface area contributed by atoms with E-state index >= 15 is 0 Å². The Morgan fingerprint density at radius 2 is 2.57 bits per heavy atom. The topological polar surface area (TPSA) is 9.23 Å². The maximum absolute atomic E-state index is 5.29. The lowest BCUT2D eigenvalue weighted by Crippen LogP contribution is -2.09. The van der Waals surface area contributed by atoms with Gasteiger partial charge in [-0.15, -0.1) is 6.42 Å². The third-order valence-corrected chi connectivity index (χ3v) is 2.67. The van der Waals surface area contributed by atoms with Crippen molar-refractivity contribution in [1.29, 1.82) is 0 Å². The van der Waals surface area contributed by atoms with E-state index in [1.165, 1.54) is 17.6 Å². The first-order valence-electron chi connectivity index (χ1n) is 5.08. The minimum atomic E-state index is 0.418. The lowest BCUT2D eigenvalue weighted by atomic mass is 9.86. The Bertz CT molecular complexity index is 267. The normalized spacial score (nSPS) is 21.1. The van der Waals surface area contributed by atoms with Crippen molar-refractivity contribution < 1.29 is 4.74 Å². The molecule has 0 fully saturated rings. The zero-order valence-corrected chi connectivity index (χ0v) is 8.88. The van der Waals surface area contributed by atoms with Crippen molar-refractivity contribution in [2.24, 2.45) is 5.92 Å². The van der Waals surface area contributed by atoms with E-state index in [0.29, 0.717) is 19.1 Å². The van der Waals surface area contributed by atoms with Gasteiger partial charge in [0.15, 0.2) is 0 Å². The van der Waals surface area contributed by atoms with Gasteiger partial charge in [-0.3, -0.25) is 0 Å². The average molecular weight is 190 g/mol. The minimum Gasteiger partial charge on any atom is -0.364 e. The third-order valence-electron chi connectivity index (χ3n) is 2.67. The standard InChI is InChI=1S/C13H18O/c1-4-9-14-10-12-5-7-13(8-6-12)11(2)3/h1,5,13H,2,6-10H2,3H3/t13-/m1/s1. The second-order valence-electron chi connectivity index (χ2n) is 3.88. The van der Waals surface area contributed by atoms with Gasteiger partial charge in [0.25, 0.3) is 0 Å². The molecule has 76 valence electrons. The quantitative estimate of drug-likeness (QED) is 0.376. The van der Waals surface area contributed by atoms with E-state index in [0.717, 1.165) is 12.8 Å². The van der Waals surface area contributed by atoms with Gasteiger partial charge >= 0.3 is 0 Å². The highest BCUT2D eigenvalue weighted by atomic mass is 16.5. The molecule has 0 heterocycles. The van der Waals surface area contributed by atoms with Crippen LogP contribution in [0.3, 0.4) is 0 Å². The molecule has 1 heteroatoms. The summed E-state index contributed by atoms with van der Waals surface area (Å²) in [6.45, 7) is 7.22. The summed E-state index contributed by atoms with van der Waals surface area (Å²) in [7, 11) is 0. The molecule has 0 amide bonds. The molecule has 0 aromatic carbocycles. The molecule has 1 aliphatic carbocycles. The zero-order valence-electron chi connectivity index (χ0n) is 8.88. The van der Waals surface area contributed by atoms with Crippen LogP contribution in [-0.2, 0) is 4.74 Å². The molecule has 1 nitrogen and oxygen atoms in total. The molecule has 0 spiro atoms. The zero-order chi connectivity index (χ0) is 10.4. The van der Waals surface area contributed by atoms with Crippen molar-refractivity contribution in [2.75, 3.05) is 13.2 Å². The fourth-order valence-corrected chi connectivity index (χ4v) is 1.71. The highest BCUT2D eigenvalue weighted by Crippen LogP contribution is 2.27. The van der Waals surface area contributed by atoms with Gasteiger partial charge in [0, 0.05) is 0 Å². The van der Waals surface area contributed by atoms with Crippen molar-refractivity contribution >= 4 is 0 Å². The number of rotatable bonds is 4. The monoisotopic (exact) mass is 190 g/mol. The van der Waals surface area contributed by atoms with Crippen LogP contribution in [0.4, 0.5) is 0 Å². The van der Waals surface area contributed by atoms with Crippen molar-refractivity contribution in [1.82, 2.24) is 0 Å². The summed E-state index contributed by atoms with van der Waals surface area (Å²) in [4.78, 5) is 0. The first kappa shape index (κ1) is 11.1. The molecule has 0 radical (unpaired) electrons. The molecule has 0 saturated carbocycles. The number of allylic oxidation sites excluding steroid dienone is 2. The molecule has 1 aliphatic rings. The molecule has 1 rings (SSSR count). The maximum Gasteiger partial charge on any atom is 0.107 e. The molecule has 0 unspecified atom stereocenters. The Hall–Kier alpha value is -1.00. The Morgan fingerprint density at radius 1 is 1.79 bits per heavy atom. The molecule has 0 saturated heterocycles. The number of terminal acetylenes is 1. The Balaban J connectivity index is 2.31. The minimum absolute atomic E-state index is 0.418. The van der Waals surface area contributed by atoms with Crippen molar-refractivity contribution in [3.05, 3.63) is 23.8 Å². The molecule has 1 atom stereocenters. The molecule has 14 heavy (non-hydrogen) atoms. The summed E-state index contributed by atoms with van der Waals surface area (Å²) >= 11 is 0. The molecule has 0 N–H and O–H groups in total. The van der Waals surface area contributed by atoms with Crippen LogP contribution in [-0.4, -0.2) is 13.2 Å². The van der Waals surface area contributed by atoms with E-state index in [4.69, 9.17) is 11.2 Å². The van der Waals surface area contributed by atoms with Gasteiger partial charge in [0.1, 0.15) is 6.61 Å². The average Bonchev–Trinajstić information content (AvgIpc) is 2.19. The summed E-state index contributed by atoms with van der Waals surface area (Å²) in [6, 6.07) is 0. The second-order valence-corrected chi connectivity index (χ2v) is 3.88. The molecule has 0 bridgehead atoms. The first-order valence-corrected chi connectivity index (χ1v) is 5.08. The van der Waals surface area contributed by atoms with Crippen LogP contribution >= 0.6 is 0 Å². The van der Waals surface area contributed by atoms with E-state index in [-0.39, 0.29) is 0 Å². The first-order chi connectivity index (χ1) is 6.74. The molecular formula is C13H18O. The van der Waals surface area contributed by atoms with Crippen LogP contribution < -0.4 is 0 Å². The van der Waals surface area contributed by atoms with Crippen LogP contribution in [0.25, 0.3) is 0 Å². The summed E-state index contributed by atoms with van der Waals surface area (Å²) in [5.74, 6) is 3.14. The van der Waals surface area contributed by atoms with E-state index < -0.39 is 0 Å². The van der Waals surface area contributed by atoms with Crippen LogP contribution in [0.1, 0.15) is 26.2 Å². The summed E-state index contributed by atoms with van der Waals surface area (Å²) in [5, 5.41) is 0. The largest absolute Gasteiger partial charge is 0.364 e. The maximum atomic E-state index is 5.29. The Labute approximate surface area is 86.8 Å². The Morgan fingerprint density at radius 3 is 3.07 bits per heavy atom. The van der Waals surface area contributed by atoms with Gasteiger partial charge in [-0.1, -0.05) is 24.1 Å². The van der Waals surface area contributed by atoms with Gasteiger partial charge in [-0.05, 0) is 37.7 Å². The number of hydrogen-bond acceptors (Lipinski definition) is 1. The van der Waals surface area contributed by atoms with Gasteiger partial charge in [0.05, 0.1) is 6.61 Å². The van der Waals surface area contributed by atoms with Gasteiger partial charge in [0.2, 0.25) is 0 Å². The van der Waals surface area contributed by atoms with Crippen LogP contribution in [0.15, 0.2) is 23.8 Å².